The van der Waals surface area contributed by atoms with Crippen molar-refractivity contribution in [2.45, 2.75) is 19.9 Å². The van der Waals surface area contributed by atoms with Gasteiger partial charge >= 0.3 is 0 Å². The normalized spacial score (nSPS) is 12.5. The number of hydrogen-bond donors (Lipinski definition) is 3. The molecule has 3 N–H and O–H groups in total. The Balaban J connectivity index is 1.94. The van der Waals surface area contributed by atoms with Crippen molar-refractivity contribution >= 4 is 22.9 Å². The SMILES string of the molecule is CCNc1nc(NC(C)c2ccco2)c2[nH]cnc2n1. The van der Waals surface area contributed by atoms with Gasteiger partial charge in [-0.15, -0.1) is 0 Å². The van der Waals surface area contributed by atoms with Crippen LogP contribution in [0.2, 0.25) is 0 Å². The van der Waals surface area contributed by atoms with Crippen LogP contribution in [-0.2, 0) is 0 Å². The van der Waals surface area contributed by atoms with Crippen molar-refractivity contribution in [3.8, 4) is 0 Å². The van der Waals surface area contributed by atoms with Gasteiger partial charge in [-0.2, -0.15) is 9.97 Å². The summed E-state index contributed by atoms with van der Waals surface area (Å²) in [6.45, 7) is 4.76. The van der Waals surface area contributed by atoms with Crippen LogP contribution in [0, 0.1) is 0 Å². The van der Waals surface area contributed by atoms with Crippen LogP contribution >= 0.6 is 0 Å². The van der Waals surface area contributed by atoms with Gasteiger partial charge in [0.1, 0.15) is 11.3 Å². The van der Waals surface area contributed by atoms with Crippen molar-refractivity contribution in [3.05, 3.63) is 30.5 Å². The predicted octanol–water partition coefficient (Wildman–Crippen LogP) is 2.55. The molecular formula is C13H16N6O. The Morgan fingerprint density at radius 2 is 2.30 bits per heavy atom. The molecule has 0 saturated heterocycles. The smallest absolute Gasteiger partial charge is 0.226 e. The van der Waals surface area contributed by atoms with Gasteiger partial charge < -0.3 is 20.0 Å². The lowest BCUT2D eigenvalue weighted by atomic mass is 10.2. The fourth-order valence-electron chi connectivity index (χ4n) is 1.99. The number of hydrogen-bond acceptors (Lipinski definition) is 6. The number of rotatable bonds is 5. The Labute approximate surface area is 115 Å². The standard InChI is InChI=1S/C13H16N6O/c1-3-14-13-18-11-10(15-7-16-11)12(19-13)17-8(2)9-5-4-6-20-9/h4-8H,3H2,1-2H3,(H3,14,15,16,17,18,19). The number of nitrogens with zero attached hydrogens (tertiary/aromatic N) is 3. The average molecular weight is 272 g/mol. The number of anilines is 2. The molecule has 0 spiro atoms. The van der Waals surface area contributed by atoms with E-state index in [1.165, 1.54) is 0 Å². The lowest BCUT2D eigenvalue weighted by Gasteiger charge is -2.13. The van der Waals surface area contributed by atoms with Crippen molar-refractivity contribution < 1.29 is 4.42 Å². The van der Waals surface area contributed by atoms with Gasteiger partial charge in [0.25, 0.3) is 0 Å². The van der Waals surface area contributed by atoms with Gasteiger partial charge in [-0.3, -0.25) is 0 Å². The number of aromatic amines is 1. The zero-order valence-electron chi connectivity index (χ0n) is 11.3. The maximum absolute atomic E-state index is 5.39. The highest BCUT2D eigenvalue weighted by Gasteiger charge is 2.14. The lowest BCUT2D eigenvalue weighted by molar-refractivity contribution is 0.490. The quantitative estimate of drug-likeness (QED) is 0.661. The largest absolute Gasteiger partial charge is 0.467 e. The molecule has 3 aromatic rings. The van der Waals surface area contributed by atoms with E-state index in [-0.39, 0.29) is 6.04 Å². The third-order valence-electron chi connectivity index (χ3n) is 2.94. The number of aromatic nitrogens is 4. The second-order valence-electron chi connectivity index (χ2n) is 4.41. The first-order chi connectivity index (χ1) is 9.78. The highest BCUT2D eigenvalue weighted by atomic mass is 16.3. The maximum Gasteiger partial charge on any atom is 0.226 e. The summed E-state index contributed by atoms with van der Waals surface area (Å²) >= 11 is 0. The Morgan fingerprint density at radius 3 is 3.05 bits per heavy atom. The fourth-order valence-corrected chi connectivity index (χ4v) is 1.99. The van der Waals surface area contributed by atoms with Crippen molar-refractivity contribution in [2.75, 3.05) is 17.2 Å². The van der Waals surface area contributed by atoms with Crippen molar-refractivity contribution in [2.24, 2.45) is 0 Å². The summed E-state index contributed by atoms with van der Waals surface area (Å²) in [6, 6.07) is 3.79. The number of nitrogens with one attached hydrogen (secondary N) is 3. The van der Waals surface area contributed by atoms with Crippen LogP contribution in [0.5, 0.6) is 0 Å². The second-order valence-corrected chi connectivity index (χ2v) is 4.41. The van der Waals surface area contributed by atoms with E-state index in [0.717, 1.165) is 17.8 Å². The Hall–Kier alpha value is -2.57. The third kappa shape index (κ3) is 2.29. The van der Waals surface area contributed by atoms with E-state index in [1.54, 1.807) is 12.6 Å². The highest BCUT2D eigenvalue weighted by molar-refractivity contribution is 5.83. The summed E-state index contributed by atoms with van der Waals surface area (Å²) in [5.74, 6) is 2.11. The lowest BCUT2D eigenvalue weighted by Crippen LogP contribution is -2.10. The summed E-state index contributed by atoms with van der Waals surface area (Å²) in [4.78, 5) is 16.0. The first kappa shape index (κ1) is 12.5. The summed E-state index contributed by atoms with van der Waals surface area (Å²) in [5, 5.41) is 6.41. The molecule has 3 rings (SSSR count). The minimum Gasteiger partial charge on any atom is -0.467 e. The molecule has 0 aliphatic rings. The summed E-state index contributed by atoms with van der Waals surface area (Å²) in [7, 11) is 0. The fraction of sp³-hybridized carbons (Fsp3) is 0.308. The Kier molecular flexibility index (Phi) is 3.24. The monoisotopic (exact) mass is 272 g/mol. The van der Waals surface area contributed by atoms with Crippen molar-refractivity contribution in [1.29, 1.82) is 0 Å². The van der Waals surface area contributed by atoms with Crippen LogP contribution in [0.25, 0.3) is 11.2 Å². The molecule has 104 valence electrons. The molecule has 0 saturated carbocycles. The molecule has 7 heteroatoms. The van der Waals surface area contributed by atoms with E-state index < -0.39 is 0 Å². The van der Waals surface area contributed by atoms with Gasteiger partial charge in [0, 0.05) is 6.54 Å². The van der Waals surface area contributed by atoms with Gasteiger partial charge in [0.15, 0.2) is 11.5 Å². The van der Waals surface area contributed by atoms with Gasteiger partial charge in [-0.05, 0) is 26.0 Å². The van der Waals surface area contributed by atoms with Crippen molar-refractivity contribution in [3.63, 3.8) is 0 Å². The zero-order valence-corrected chi connectivity index (χ0v) is 11.3. The molecule has 0 fully saturated rings. The molecule has 1 unspecified atom stereocenters. The van der Waals surface area contributed by atoms with E-state index in [1.807, 2.05) is 26.0 Å². The number of furan rings is 1. The number of H-pyrrole nitrogens is 1. The Bertz CT molecular complexity index is 690. The molecule has 0 aliphatic heterocycles. The van der Waals surface area contributed by atoms with Crippen LogP contribution in [0.1, 0.15) is 25.6 Å². The molecule has 7 nitrogen and oxygen atoms in total. The van der Waals surface area contributed by atoms with Crippen LogP contribution in [0.3, 0.4) is 0 Å². The predicted molar refractivity (Wildman–Crippen MR) is 76.6 cm³/mol. The van der Waals surface area contributed by atoms with Crippen molar-refractivity contribution in [1.82, 2.24) is 19.9 Å². The molecule has 1 atom stereocenters. The molecule has 0 aromatic carbocycles. The van der Waals surface area contributed by atoms with Gasteiger partial charge in [-0.1, -0.05) is 0 Å². The van der Waals surface area contributed by atoms with E-state index in [9.17, 15) is 0 Å². The summed E-state index contributed by atoms with van der Waals surface area (Å²) in [6.07, 6.45) is 3.27. The molecule has 0 aliphatic carbocycles. The molecule has 3 aromatic heterocycles. The minimum atomic E-state index is 0.000812. The molecule has 3 heterocycles. The molecule has 20 heavy (non-hydrogen) atoms. The van der Waals surface area contributed by atoms with Crippen LogP contribution in [0.15, 0.2) is 29.1 Å². The zero-order chi connectivity index (χ0) is 13.9. The van der Waals surface area contributed by atoms with Crippen LogP contribution in [-0.4, -0.2) is 26.5 Å². The number of fused-ring (bicyclic) bond motifs is 1. The molecule has 0 amide bonds. The summed E-state index contributed by atoms with van der Waals surface area (Å²) < 4.78 is 5.39. The van der Waals surface area contributed by atoms with E-state index in [4.69, 9.17) is 4.42 Å². The Morgan fingerprint density at radius 1 is 1.40 bits per heavy atom. The van der Waals surface area contributed by atoms with E-state index in [2.05, 4.69) is 30.6 Å². The third-order valence-corrected chi connectivity index (χ3v) is 2.94. The van der Waals surface area contributed by atoms with Crippen LogP contribution < -0.4 is 10.6 Å². The highest BCUT2D eigenvalue weighted by Crippen LogP contribution is 2.24. The van der Waals surface area contributed by atoms with E-state index >= 15 is 0 Å². The average Bonchev–Trinajstić information content (AvgIpc) is 3.10. The topological polar surface area (TPSA) is 91.7 Å². The van der Waals surface area contributed by atoms with E-state index in [0.29, 0.717) is 17.4 Å². The summed E-state index contributed by atoms with van der Waals surface area (Å²) in [5.41, 5.74) is 1.41. The van der Waals surface area contributed by atoms with Gasteiger partial charge in [-0.25, -0.2) is 4.98 Å². The number of imidazole rings is 1. The molecule has 0 radical (unpaired) electrons. The van der Waals surface area contributed by atoms with Gasteiger partial charge in [0.2, 0.25) is 5.95 Å². The molecule has 0 bridgehead atoms. The maximum atomic E-state index is 5.39. The molecular weight excluding hydrogens is 256 g/mol. The first-order valence-corrected chi connectivity index (χ1v) is 6.53. The van der Waals surface area contributed by atoms with Gasteiger partial charge in [0.05, 0.1) is 18.6 Å². The second kappa shape index (κ2) is 5.20. The first-order valence-electron chi connectivity index (χ1n) is 6.53. The minimum absolute atomic E-state index is 0.000812. The van der Waals surface area contributed by atoms with Crippen LogP contribution in [0.4, 0.5) is 11.8 Å².